The van der Waals surface area contributed by atoms with Gasteiger partial charge >= 0.3 is 5.97 Å². The van der Waals surface area contributed by atoms with E-state index in [0.717, 1.165) is 16.6 Å². The third-order valence-electron chi connectivity index (χ3n) is 4.04. The standard InChI is InChI=1S/C18H20N4O4/c1-4-25-16(24)8-12-5-6-14-13(7-12)20-18(22(14)9-15(19)23)17-10(2)21-26-11(17)3/h5-7H,4,8-9H2,1-3H3,(H2,19,23). The minimum atomic E-state index is -0.479. The lowest BCUT2D eigenvalue weighted by molar-refractivity contribution is -0.142. The molecule has 1 amide bonds. The van der Waals surface area contributed by atoms with Gasteiger partial charge in [0.1, 0.15) is 18.1 Å². The topological polar surface area (TPSA) is 113 Å². The highest BCUT2D eigenvalue weighted by Gasteiger charge is 2.21. The van der Waals surface area contributed by atoms with E-state index in [1.807, 2.05) is 25.1 Å². The molecular weight excluding hydrogens is 336 g/mol. The summed E-state index contributed by atoms with van der Waals surface area (Å²) in [7, 11) is 0. The molecule has 0 spiro atoms. The predicted octanol–water partition coefficient (Wildman–Crippen LogP) is 1.90. The molecule has 0 aliphatic rings. The quantitative estimate of drug-likeness (QED) is 0.675. The van der Waals surface area contributed by atoms with E-state index in [2.05, 4.69) is 10.1 Å². The Kier molecular flexibility index (Phi) is 4.75. The van der Waals surface area contributed by atoms with Crippen LogP contribution in [-0.2, 0) is 27.3 Å². The number of hydrogen-bond acceptors (Lipinski definition) is 6. The van der Waals surface area contributed by atoms with Crippen LogP contribution in [0.25, 0.3) is 22.4 Å². The number of nitrogens with zero attached hydrogens (tertiary/aromatic N) is 3. The Morgan fingerprint density at radius 3 is 2.69 bits per heavy atom. The number of aryl methyl sites for hydroxylation is 2. The van der Waals surface area contributed by atoms with Crippen LogP contribution < -0.4 is 5.73 Å². The summed E-state index contributed by atoms with van der Waals surface area (Å²) >= 11 is 0. The first-order valence-electron chi connectivity index (χ1n) is 8.27. The molecule has 0 aliphatic carbocycles. The average molecular weight is 356 g/mol. The molecule has 3 rings (SSSR count). The van der Waals surface area contributed by atoms with Gasteiger partial charge in [0.15, 0.2) is 0 Å². The number of carbonyl (C=O) groups is 2. The second-order valence-corrected chi connectivity index (χ2v) is 5.99. The number of imidazole rings is 1. The van der Waals surface area contributed by atoms with Crippen LogP contribution in [0.2, 0.25) is 0 Å². The van der Waals surface area contributed by atoms with Gasteiger partial charge in [-0.15, -0.1) is 0 Å². The second-order valence-electron chi connectivity index (χ2n) is 5.99. The molecule has 3 aromatic rings. The van der Waals surface area contributed by atoms with Crippen LogP contribution in [0.4, 0.5) is 0 Å². The summed E-state index contributed by atoms with van der Waals surface area (Å²) in [5.74, 6) is 0.390. The number of aromatic nitrogens is 3. The van der Waals surface area contributed by atoms with Crippen molar-refractivity contribution in [3.05, 3.63) is 35.2 Å². The predicted molar refractivity (Wildman–Crippen MR) is 94.2 cm³/mol. The van der Waals surface area contributed by atoms with E-state index in [1.165, 1.54) is 0 Å². The van der Waals surface area contributed by atoms with E-state index < -0.39 is 5.91 Å². The van der Waals surface area contributed by atoms with Crippen LogP contribution in [0.15, 0.2) is 22.7 Å². The van der Waals surface area contributed by atoms with Crippen molar-refractivity contribution in [2.45, 2.75) is 33.7 Å². The highest BCUT2D eigenvalue weighted by Crippen LogP contribution is 2.30. The van der Waals surface area contributed by atoms with Gasteiger partial charge in [0.2, 0.25) is 5.91 Å². The fourth-order valence-corrected chi connectivity index (χ4v) is 2.97. The lowest BCUT2D eigenvalue weighted by Crippen LogP contribution is -2.19. The van der Waals surface area contributed by atoms with Crippen molar-refractivity contribution in [2.24, 2.45) is 5.73 Å². The molecule has 0 saturated carbocycles. The van der Waals surface area contributed by atoms with E-state index >= 15 is 0 Å². The zero-order valence-corrected chi connectivity index (χ0v) is 14.9. The zero-order valence-electron chi connectivity index (χ0n) is 14.9. The van der Waals surface area contributed by atoms with E-state index in [9.17, 15) is 9.59 Å². The van der Waals surface area contributed by atoms with Crippen molar-refractivity contribution >= 4 is 22.9 Å². The molecule has 2 heterocycles. The largest absolute Gasteiger partial charge is 0.466 e. The zero-order chi connectivity index (χ0) is 18.8. The lowest BCUT2D eigenvalue weighted by atomic mass is 10.1. The smallest absolute Gasteiger partial charge is 0.310 e. The number of rotatable bonds is 6. The molecule has 2 aromatic heterocycles. The molecule has 0 bridgehead atoms. The van der Waals surface area contributed by atoms with Crippen LogP contribution in [-0.4, -0.2) is 33.2 Å². The van der Waals surface area contributed by atoms with Crippen LogP contribution >= 0.6 is 0 Å². The van der Waals surface area contributed by atoms with Crippen LogP contribution in [0.3, 0.4) is 0 Å². The number of esters is 1. The van der Waals surface area contributed by atoms with Crippen molar-refractivity contribution in [3.8, 4) is 11.4 Å². The minimum absolute atomic E-state index is 0.0207. The van der Waals surface area contributed by atoms with Gasteiger partial charge in [0, 0.05) is 0 Å². The Labute approximate surface area is 149 Å². The Hall–Kier alpha value is -3.16. The number of nitrogens with two attached hydrogens (primary N) is 1. The third kappa shape index (κ3) is 3.30. The first-order valence-corrected chi connectivity index (χ1v) is 8.27. The van der Waals surface area contributed by atoms with Gasteiger partial charge in [0.05, 0.1) is 35.3 Å². The number of ether oxygens (including phenoxy) is 1. The molecule has 0 fully saturated rings. The second kappa shape index (κ2) is 6.99. The number of benzene rings is 1. The number of primary amides is 1. The fraction of sp³-hybridized carbons (Fsp3) is 0.333. The van der Waals surface area contributed by atoms with Crippen molar-refractivity contribution in [3.63, 3.8) is 0 Å². The van der Waals surface area contributed by atoms with Crippen LogP contribution in [0.5, 0.6) is 0 Å². The molecule has 26 heavy (non-hydrogen) atoms. The third-order valence-corrected chi connectivity index (χ3v) is 4.04. The van der Waals surface area contributed by atoms with Crippen LogP contribution in [0.1, 0.15) is 23.9 Å². The maximum atomic E-state index is 11.7. The molecule has 0 aliphatic heterocycles. The lowest BCUT2D eigenvalue weighted by Gasteiger charge is -2.07. The molecule has 0 saturated heterocycles. The highest BCUT2D eigenvalue weighted by atomic mass is 16.5. The van der Waals surface area contributed by atoms with E-state index in [1.54, 1.807) is 18.4 Å². The molecule has 2 N–H and O–H groups in total. The maximum absolute atomic E-state index is 11.7. The van der Waals surface area contributed by atoms with Crippen molar-refractivity contribution < 1.29 is 18.8 Å². The first kappa shape index (κ1) is 17.7. The van der Waals surface area contributed by atoms with Gasteiger partial charge in [-0.3, -0.25) is 9.59 Å². The summed E-state index contributed by atoms with van der Waals surface area (Å²) in [5.41, 5.74) is 9.00. The number of fused-ring (bicyclic) bond motifs is 1. The van der Waals surface area contributed by atoms with E-state index in [0.29, 0.717) is 29.4 Å². The Morgan fingerprint density at radius 2 is 2.08 bits per heavy atom. The minimum Gasteiger partial charge on any atom is -0.466 e. The average Bonchev–Trinajstić information content (AvgIpc) is 3.07. The van der Waals surface area contributed by atoms with Crippen LogP contribution in [0, 0.1) is 13.8 Å². The first-order chi connectivity index (χ1) is 12.4. The molecule has 0 unspecified atom stereocenters. The van der Waals surface area contributed by atoms with E-state index in [4.69, 9.17) is 15.0 Å². The molecule has 136 valence electrons. The maximum Gasteiger partial charge on any atom is 0.310 e. The molecule has 1 aromatic carbocycles. The summed E-state index contributed by atoms with van der Waals surface area (Å²) in [4.78, 5) is 27.9. The summed E-state index contributed by atoms with van der Waals surface area (Å²) < 4.78 is 11.9. The van der Waals surface area contributed by atoms with Gasteiger partial charge in [0.25, 0.3) is 0 Å². The molecule has 0 radical (unpaired) electrons. The molecular formula is C18H20N4O4. The van der Waals surface area contributed by atoms with Gasteiger partial charge in [-0.1, -0.05) is 11.2 Å². The Balaban J connectivity index is 2.12. The number of hydrogen-bond donors (Lipinski definition) is 1. The molecule has 8 nitrogen and oxygen atoms in total. The Bertz CT molecular complexity index is 967. The Morgan fingerprint density at radius 1 is 1.31 bits per heavy atom. The van der Waals surface area contributed by atoms with Gasteiger partial charge in [-0.25, -0.2) is 4.98 Å². The summed E-state index contributed by atoms with van der Waals surface area (Å²) in [5, 5.41) is 3.95. The van der Waals surface area contributed by atoms with Crippen molar-refractivity contribution in [1.29, 1.82) is 0 Å². The number of carbonyl (C=O) groups excluding carboxylic acids is 2. The molecule has 8 heteroatoms. The van der Waals surface area contributed by atoms with Crippen molar-refractivity contribution in [1.82, 2.24) is 14.7 Å². The summed E-state index contributed by atoms with van der Waals surface area (Å²) in [6.45, 7) is 5.68. The monoisotopic (exact) mass is 356 g/mol. The molecule has 0 atom stereocenters. The summed E-state index contributed by atoms with van der Waals surface area (Å²) in [6.07, 6.45) is 0.160. The SMILES string of the molecule is CCOC(=O)Cc1ccc2c(c1)nc(-c1c(C)noc1C)n2CC(N)=O. The normalized spacial score (nSPS) is 11.0. The van der Waals surface area contributed by atoms with E-state index in [-0.39, 0.29) is 18.9 Å². The highest BCUT2D eigenvalue weighted by molar-refractivity contribution is 5.86. The number of amides is 1. The fourth-order valence-electron chi connectivity index (χ4n) is 2.97. The van der Waals surface area contributed by atoms with Crippen molar-refractivity contribution in [2.75, 3.05) is 6.61 Å². The van der Waals surface area contributed by atoms with Gasteiger partial charge in [-0.2, -0.15) is 0 Å². The summed E-state index contributed by atoms with van der Waals surface area (Å²) in [6, 6.07) is 5.45. The van der Waals surface area contributed by atoms with Gasteiger partial charge in [-0.05, 0) is 38.5 Å². The van der Waals surface area contributed by atoms with Gasteiger partial charge < -0.3 is 19.6 Å².